The molecule has 1 amide bonds. The molecule has 0 rings (SSSR count). The molecule has 0 fully saturated rings. The van der Waals surface area contributed by atoms with E-state index >= 15 is 0 Å². The van der Waals surface area contributed by atoms with Crippen molar-refractivity contribution in [1.29, 1.82) is 0 Å². The zero-order valence-electron chi connectivity index (χ0n) is 36.9. The van der Waals surface area contributed by atoms with Crippen LogP contribution in [0.4, 0.5) is 0 Å². The molecule has 0 aliphatic rings. The number of carbonyl (C=O) groups is 1. The Kier molecular flexibility index (Phi) is 44.5. The maximum absolute atomic E-state index is 12.4. The maximum Gasteiger partial charge on any atom is 0.220 e. The summed E-state index contributed by atoms with van der Waals surface area (Å²) in [7, 11) is 0. The predicted octanol–water partition coefficient (Wildman–Crippen LogP) is 14.6. The molecular formula is C49H99NO4. The van der Waals surface area contributed by atoms with E-state index in [1.165, 1.54) is 225 Å². The second-order valence-corrected chi connectivity index (χ2v) is 17.4. The highest BCUT2D eigenvalue weighted by atomic mass is 16.3. The average molecular weight is 766 g/mol. The van der Waals surface area contributed by atoms with Crippen molar-refractivity contribution in [1.82, 2.24) is 5.32 Å². The van der Waals surface area contributed by atoms with E-state index < -0.39 is 18.2 Å². The molecule has 0 aliphatic carbocycles. The average Bonchev–Trinajstić information content (AvgIpc) is 3.18. The smallest absolute Gasteiger partial charge is 0.220 e. The van der Waals surface area contributed by atoms with Gasteiger partial charge < -0.3 is 20.6 Å². The van der Waals surface area contributed by atoms with Gasteiger partial charge >= 0.3 is 0 Å². The van der Waals surface area contributed by atoms with Crippen molar-refractivity contribution in [2.45, 2.75) is 302 Å². The van der Waals surface area contributed by atoms with E-state index in [1.54, 1.807) is 0 Å². The molecule has 5 nitrogen and oxygen atoms in total. The molecule has 324 valence electrons. The van der Waals surface area contributed by atoms with Gasteiger partial charge in [-0.25, -0.2) is 0 Å². The van der Waals surface area contributed by atoms with E-state index in [0.29, 0.717) is 12.8 Å². The van der Waals surface area contributed by atoms with Gasteiger partial charge in [0.2, 0.25) is 5.91 Å². The van der Waals surface area contributed by atoms with Crippen LogP contribution in [0, 0.1) is 0 Å². The molecule has 3 atom stereocenters. The van der Waals surface area contributed by atoms with Crippen molar-refractivity contribution in [3.05, 3.63) is 0 Å². The molecule has 0 saturated carbocycles. The highest BCUT2D eigenvalue weighted by Gasteiger charge is 2.26. The lowest BCUT2D eigenvalue weighted by Crippen LogP contribution is -2.50. The number of hydrogen-bond acceptors (Lipinski definition) is 4. The molecule has 0 aromatic heterocycles. The van der Waals surface area contributed by atoms with E-state index in [2.05, 4.69) is 19.2 Å². The van der Waals surface area contributed by atoms with Crippen molar-refractivity contribution in [2.75, 3.05) is 6.61 Å². The first kappa shape index (κ1) is 53.4. The van der Waals surface area contributed by atoms with Crippen molar-refractivity contribution < 1.29 is 20.1 Å². The number of unbranched alkanes of at least 4 members (excludes halogenated alkanes) is 38. The van der Waals surface area contributed by atoms with E-state index in [-0.39, 0.29) is 12.5 Å². The van der Waals surface area contributed by atoms with Crippen LogP contribution in [-0.2, 0) is 4.79 Å². The lowest BCUT2D eigenvalue weighted by atomic mass is 9.99. The first-order valence-electron chi connectivity index (χ1n) is 24.8. The van der Waals surface area contributed by atoms with Crippen LogP contribution in [0.2, 0.25) is 0 Å². The van der Waals surface area contributed by atoms with Crippen LogP contribution < -0.4 is 5.32 Å². The first-order chi connectivity index (χ1) is 26.6. The Hall–Kier alpha value is -0.650. The fourth-order valence-corrected chi connectivity index (χ4v) is 8.11. The third-order valence-corrected chi connectivity index (χ3v) is 12.0. The van der Waals surface area contributed by atoms with Gasteiger partial charge in [0.05, 0.1) is 18.8 Å². The molecule has 0 bridgehead atoms. The number of aliphatic hydroxyl groups is 3. The van der Waals surface area contributed by atoms with Gasteiger partial charge in [-0.05, 0) is 12.8 Å². The number of carbonyl (C=O) groups excluding carboxylic acids is 1. The zero-order chi connectivity index (χ0) is 39.4. The summed E-state index contributed by atoms with van der Waals surface area (Å²) in [6.07, 6.45) is 52.4. The van der Waals surface area contributed by atoms with E-state index in [0.717, 1.165) is 32.1 Å². The monoisotopic (exact) mass is 766 g/mol. The van der Waals surface area contributed by atoms with Crippen LogP contribution in [0.1, 0.15) is 284 Å². The Balaban J connectivity index is 3.46. The van der Waals surface area contributed by atoms with Gasteiger partial charge in [-0.1, -0.05) is 264 Å². The molecule has 54 heavy (non-hydrogen) atoms. The van der Waals surface area contributed by atoms with E-state index in [4.69, 9.17) is 0 Å². The molecule has 0 aliphatic heterocycles. The molecule has 0 saturated heterocycles. The second kappa shape index (κ2) is 45.1. The molecule has 0 spiro atoms. The van der Waals surface area contributed by atoms with Gasteiger partial charge in [0.15, 0.2) is 0 Å². The Morgan fingerprint density at radius 3 is 0.889 bits per heavy atom. The number of rotatable bonds is 46. The van der Waals surface area contributed by atoms with Crippen LogP contribution >= 0.6 is 0 Å². The number of hydrogen-bond donors (Lipinski definition) is 4. The SMILES string of the molecule is CCCCCCCCCCCCCCCCCCCCCCCCCCCCCCC(=O)NC(CO)C(O)C(O)CCCCCCCCCCCCCC. The minimum atomic E-state index is -1.13. The van der Waals surface area contributed by atoms with Gasteiger partial charge in [-0.15, -0.1) is 0 Å². The molecular weight excluding hydrogens is 667 g/mol. The third-order valence-electron chi connectivity index (χ3n) is 12.0. The Labute approximate surface area is 338 Å². The summed E-state index contributed by atoms with van der Waals surface area (Å²) < 4.78 is 0. The van der Waals surface area contributed by atoms with Gasteiger partial charge in [0, 0.05) is 6.42 Å². The normalized spacial score (nSPS) is 13.4. The summed E-state index contributed by atoms with van der Waals surface area (Å²) in [5, 5.41) is 33.5. The molecule has 4 N–H and O–H groups in total. The first-order valence-corrected chi connectivity index (χ1v) is 24.8. The van der Waals surface area contributed by atoms with Crippen molar-refractivity contribution in [3.63, 3.8) is 0 Å². The van der Waals surface area contributed by atoms with Gasteiger partial charge in [-0.2, -0.15) is 0 Å². The van der Waals surface area contributed by atoms with Crippen LogP contribution in [-0.4, -0.2) is 46.1 Å². The van der Waals surface area contributed by atoms with Crippen LogP contribution in [0.15, 0.2) is 0 Å². The zero-order valence-corrected chi connectivity index (χ0v) is 36.9. The summed E-state index contributed by atoms with van der Waals surface area (Å²) in [6, 6.07) is -0.802. The molecule has 5 heteroatoms. The molecule has 0 heterocycles. The maximum atomic E-state index is 12.4. The van der Waals surface area contributed by atoms with Crippen LogP contribution in [0.3, 0.4) is 0 Å². The number of amides is 1. The number of aliphatic hydroxyl groups excluding tert-OH is 3. The molecule has 3 unspecified atom stereocenters. The van der Waals surface area contributed by atoms with E-state index in [9.17, 15) is 20.1 Å². The Bertz CT molecular complexity index is 718. The summed E-state index contributed by atoms with van der Waals surface area (Å²) in [5.74, 6) is -0.138. The van der Waals surface area contributed by atoms with E-state index in [1.807, 2.05) is 0 Å². The summed E-state index contributed by atoms with van der Waals surface area (Å²) in [5.41, 5.74) is 0. The summed E-state index contributed by atoms with van der Waals surface area (Å²) >= 11 is 0. The Morgan fingerprint density at radius 1 is 0.389 bits per heavy atom. The van der Waals surface area contributed by atoms with Gasteiger partial charge in [0.1, 0.15) is 6.10 Å². The summed E-state index contributed by atoms with van der Waals surface area (Å²) in [4.78, 5) is 12.4. The van der Waals surface area contributed by atoms with Gasteiger partial charge in [-0.3, -0.25) is 4.79 Å². The standard InChI is InChI=1S/C49H99NO4/c1-3-5-7-9-11-13-15-17-18-19-20-21-22-23-24-25-26-27-28-29-30-31-32-34-36-38-40-42-44-48(53)50-46(45-51)49(54)47(52)43-41-39-37-35-33-16-14-12-10-8-6-4-2/h46-47,49,51-52,54H,3-45H2,1-2H3,(H,50,53). The fourth-order valence-electron chi connectivity index (χ4n) is 8.11. The largest absolute Gasteiger partial charge is 0.394 e. The quantitative estimate of drug-likeness (QED) is 0.0465. The topological polar surface area (TPSA) is 89.8 Å². The van der Waals surface area contributed by atoms with Crippen molar-refractivity contribution in [2.24, 2.45) is 0 Å². The second-order valence-electron chi connectivity index (χ2n) is 17.4. The highest BCUT2D eigenvalue weighted by molar-refractivity contribution is 5.76. The lowest BCUT2D eigenvalue weighted by Gasteiger charge is -2.26. The Morgan fingerprint density at radius 2 is 0.630 bits per heavy atom. The van der Waals surface area contributed by atoms with Crippen LogP contribution in [0.25, 0.3) is 0 Å². The molecule has 0 aromatic rings. The molecule has 0 aromatic carbocycles. The lowest BCUT2D eigenvalue weighted by molar-refractivity contribution is -0.124. The minimum Gasteiger partial charge on any atom is -0.394 e. The van der Waals surface area contributed by atoms with Crippen molar-refractivity contribution >= 4 is 5.91 Å². The predicted molar refractivity (Wildman–Crippen MR) is 236 cm³/mol. The van der Waals surface area contributed by atoms with Gasteiger partial charge in [0.25, 0.3) is 0 Å². The number of nitrogens with one attached hydrogen (secondary N) is 1. The van der Waals surface area contributed by atoms with Crippen molar-refractivity contribution in [3.8, 4) is 0 Å². The van der Waals surface area contributed by atoms with Crippen LogP contribution in [0.5, 0.6) is 0 Å². The highest BCUT2D eigenvalue weighted by Crippen LogP contribution is 2.18. The fraction of sp³-hybridized carbons (Fsp3) is 0.980. The summed E-state index contributed by atoms with van der Waals surface area (Å²) in [6.45, 7) is 4.20. The third kappa shape index (κ3) is 39.6. The minimum absolute atomic E-state index is 0.138. The molecule has 0 radical (unpaired) electrons.